The fraction of sp³-hybridized carbons (Fsp3) is 0.238. The van der Waals surface area contributed by atoms with Gasteiger partial charge in [-0.05, 0) is 18.2 Å². The zero-order valence-corrected chi connectivity index (χ0v) is 17.6. The molecule has 1 aromatic heterocycles. The maximum Gasteiger partial charge on any atom is 0.270 e. The average Bonchev–Trinajstić information content (AvgIpc) is 3.30. The summed E-state index contributed by atoms with van der Waals surface area (Å²) in [6.07, 6.45) is 0. The van der Waals surface area contributed by atoms with Gasteiger partial charge in [0.2, 0.25) is 0 Å². The van der Waals surface area contributed by atoms with Gasteiger partial charge in [0.15, 0.2) is 5.13 Å². The van der Waals surface area contributed by atoms with E-state index in [9.17, 15) is 14.9 Å². The predicted octanol–water partition coefficient (Wildman–Crippen LogP) is 3.82. The summed E-state index contributed by atoms with van der Waals surface area (Å²) in [7, 11) is 1.41. The maximum atomic E-state index is 12.7. The van der Waals surface area contributed by atoms with E-state index in [1.54, 1.807) is 23.5 Å². The highest BCUT2D eigenvalue weighted by Gasteiger charge is 2.18. The molecular formula is C21H20N4O5S. The Morgan fingerprint density at radius 3 is 2.65 bits per heavy atom. The molecule has 0 saturated carbocycles. The second kappa shape index (κ2) is 9.11. The summed E-state index contributed by atoms with van der Waals surface area (Å²) in [5, 5.41) is 16.8. The predicted molar refractivity (Wildman–Crippen MR) is 118 cm³/mol. The Morgan fingerprint density at radius 2 is 1.97 bits per heavy atom. The van der Waals surface area contributed by atoms with E-state index in [-0.39, 0.29) is 17.0 Å². The summed E-state index contributed by atoms with van der Waals surface area (Å²) in [5.74, 6) is -0.227. The molecule has 1 aliphatic heterocycles. The smallest absolute Gasteiger partial charge is 0.270 e. The molecule has 31 heavy (non-hydrogen) atoms. The van der Waals surface area contributed by atoms with Gasteiger partial charge < -0.3 is 19.7 Å². The molecule has 0 atom stereocenters. The number of carbonyl (C=O) groups excluding carboxylic acids is 1. The number of nitrogens with one attached hydrogen (secondary N) is 1. The largest absolute Gasteiger partial charge is 0.496 e. The van der Waals surface area contributed by atoms with E-state index in [1.807, 2.05) is 17.5 Å². The number of methoxy groups -OCH3 is 1. The maximum absolute atomic E-state index is 12.7. The summed E-state index contributed by atoms with van der Waals surface area (Å²) in [5.41, 5.74) is 2.27. The first-order valence-corrected chi connectivity index (χ1v) is 10.5. The minimum Gasteiger partial charge on any atom is -0.496 e. The van der Waals surface area contributed by atoms with Crippen LogP contribution >= 0.6 is 11.3 Å². The topological polar surface area (TPSA) is 107 Å². The van der Waals surface area contributed by atoms with E-state index in [4.69, 9.17) is 14.5 Å². The van der Waals surface area contributed by atoms with Crippen molar-refractivity contribution in [1.82, 2.24) is 4.98 Å². The van der Waals surface area contributed by atoms with Crippen molar-refractivity contribution in [3.05, 3.63) is 63.5 Å². The molecule has 1 N–H and O–H groups in total. The third kappa shape index (κ3) is 4.65. The van der Waals surface area contributed by atoms with Gasteiger partial charge in [0, 0.05) is 41.9 Å². The lowest BCUT2D eigenvalue weighted by molar-refractivity contribution is -0.384. The summed E-state index contributed by atoms with van der Waals surface area (Å²) in [6.45, 7) is 3.08. The molecule has 9 nitrogen and oxygen atoms in total. The first-order chi connectivity index (χ1) is 15.0. The van der Waals surface area contributed by atoms with Crippen LogP contribution in [0.1, 0.15) is 10.4 Å². The van der Waals surface area contributed by atoms with Crippen LogP contribution in [0, 0.1) is 10.1 Å². The first kappa shape index (κ1) is 20.8. The minimum atomic E-state index is -0.552. The number of nitro benzene ring substituents is 1. The van der Waals surface area contributed by atoms with Crippen molar-refractivity contribution >= 4 is 33.8 Å². The monoisotopic (exact) mass is 440 g/mol. The number of anilines is 2. The van der Waals surface area contributed by atoms with Crippen LogP contribution in [0.3, 0.4) is 0 Å². The Labute approximate surface area is 182 Å². The molecule has 2 aromatic carbocycles. The van der Waals surface area contributed by atoms with Crippen molar-refractivity contribution in [1.29, 1.82) is 0 Å². The second-order valence-corrected chi connectivity index (χ2v) is 7.62. The Kier molecular flexibility index (Phi) is 6.10. The van der Waals surface area contributed by atoms with Crippen LogP contribution in [0.5, 0.6) is 5.75 Å². The Bertz CT molecular complexity index is 1090. The number of nitro groups is 1. The molecule has 2 heterocycles. The molecular weight excluding hydrogens is 420 g/mol. The highest BCUT2D eigenvalue weighted by Crippen LogP contribution is 2.29. The molecule has 0 spiro atoms. The Morgan fingerprint density at radius 1 is 1.23 bits per heavy atom. The number of non-ortho nitro benzene ring substituents is 1. The average molecular weight is 440 g/mol. The van der Waals surface area contributed by atoms with Gasteiger partial charge in [0.1, 0.15) is 5.75 Å². The van der Waals surface area contributed by atoms with Crippen LogP contribution in [0.25, 0.3) is 11.3 Å². The number of nitrogens with zero attached hydrogens (tertiary/aromatic N) is 3. The molecule has 160 valence electrons. The van der Waals surface area contributed by atoms with Gasteiger partial charge in [-0.25, -0.2) is 4.98 Å². The number of amides is 1. The summed E-state index contributed by atoms with van der Waals surface area (Å²) in [4.78, 5) is 30.1. The van der Waals surface area contributed by atoms with Gasteiger partial charge in [-0.1, -0.05) is 12.1 Å². The molecule has 0 unspecified atom stereocenters. The van der Waals surface area contributed by atoms with Gasteiger partial charge in [0.05, 0.1) is 36.5 Å². The highest BCUT2D eigenvalue weighted by molar-refractivity contribution is 7.14. The zero-order valence-electron chi connectivity index (χ0n) is 16.7. The third-order valence-corrected chi connectivity index (χ3v) is 5.75. The molecule has 0 bridgehead atoms. The fourth-order valence-electron chi connectivity index (χ4n) is 3.21. The van der Waals surface area contributed by atoms with Crippen molar-refractivity contribution in [2.45, 2.75) is 0 Å². The van der Waals surface area contributed by atoms with Crippen molar-refractivity contribution in [3.63, 3.8) is 0 Å². The van der Waals surface area contributed by atoms with E-state index in [2.05, 4.69) is 10.2 Å². The van der Waals surface area contributed by atoms with E-state index in [0.29, 0.717) is 18.9 Å². The summed E-state index contributed by atoms with van der Waals surface area (Å²) < 4.78 is 10.5. The van der Waals surface area contributed by atoms with Crippen LogP contribution < -0.4 is 15.0 Å². The van der Waals surface area contributed by atoms with Crippen molar-refractivity contribution in [3.8, 4) is 17.0 Å². The lowest BCUT2D eigenvalue weighted by Crippen LogP contribution is -2.36. The van der Waals surface area contributed by atoms with Crippen LogP contribution in [0.15, 0.2) is 47.8 Å². The molecule has 3 aromatic rings. The number of morpholine rings is 1. The van der Waals surface area contributed by atoms with Crippen molar-refractivity contribution in [2.24, 2.45) is 0 Å². The molecule has 1 aliphatic rings. The number of hydrogen-bond acceptors (Lipinski definition) is 8. The Hall–Kier alpha value is -3.50. The number of ether oxygens (including phenoxy) is 2. The number of rotatable bonds is 6. The normalized spacial score (nSPS) is 13.6. The molecule has 1 amide bonds. The van der Waals surface area contributed by atoms with E-state index in [0.717, 1.165) is 29.5 Å². The molecule has 4 rings (SSSR count). The number of aromatic nitrogens is 1. The molecule has 0 radical (unpaired) electrons. The zero-order chi connectivity index (χ0) is 21.8. The molecule has 1 fully saturated rings. The van der Waals surface area contributed by atoms with Crippen LogP contribution in [0.2, 0.25) is 0 Å². The van der Waals surface area contributed by atoms with Crippen molar-refractivity contribution in [2.75, 3.05) is 43.6 Å². The van der Waals surface area contributed by atoms with Crippen LogP contribution in [-0.4, -0.2) is 49.2 Å². The molecule has 1 saturated heterocycles. The summed E-state index contributed by atoms with van der Waals surface area (Å²) >= 11 is 1.59. The first-order valence-electron chi connectivity index (χ1n) is 9.57. The van der Waals surface area contributed by atoms with Crippen LogP contribution in [-0.2, 0) is 4.74 Å². The second-order valence-electron chi connectivity index (χ2n) is 6.79. The number of benzene rings is 2. The van der Waals surface area contributed by atoms with Gasteiger partial charge in [-0.3, -0.25) is 14.9 Å². The van der Waals surface area contributed by atoms with E-state index in [1.165, 1.54) is 25.3 Å². The standard InChI is InChI=1S/C21H20N4O5S/c1-29-19-7-6-16(25(27)28)12-17(19)20(26)22-15-4-2-14(3-5-15)18-13-31-21(23-18)24-8-10-30-11-9-24/h2-7,12-13H,8-11H2,1H3,(H,22,26). The number of thiazole rings is 1. The molecule has 0 aliphatic carbocycles. The van der Waals surface area contributed by atoms with E-state index >= 15 is 0 Å². The number of carbonyl (C=O) groups is 1. The van der Waals surface area contributed by atoms with Crippen LogP contribution in [0.4, 0.5) is 16.5 Å². The summed E-state index contributed by atoms with van der Waals surface area (Å²) in [6, 6.07) is 11.2. The van der Waals surface area contributed by atoms with Gasteiger partial charge in [-0.2, -0.15) is 0 Å². The Balaban J connectivity index is 1.48. The number of hydrogen-bond donors (Lipinski definition) is 1. The molecule has 10 heteroatoms. The van der Waals surface area contributed by atoms with Gasteiger partial charge in [-0.15, -0.1) is 11.3 Å². The lowest BCUT2D eigenvalue weighted by atomic mass is 10.1. The minimum absolute atomic E-state index is 0.0930. The highest BCUT2D eigenvalue weighted by atomic mass is 32.1. The quantitative estimate of drug-likeness (QED) is 0.459. The lowest BCUT2D eigenvalue weighted by Gasteiger charge is -2.26. The third-order valence-electron chi connectivity index (χ3n) is 4.85. The van der Waals surface area contributed by atoms with E-state index < -0.39 is 10.8 Å². The van der Waals surface area contributed by atoms with Crippen molar-refractivity contribution < 1.29 is 19.2 Å². The van der Waals surface area contributed by atoms with Gasteiger partial charge >= 0.3 is 0 Å². The van der Waals surface area contributed by atoms with Gasteiger partial charge in [0.25, 0.3) is 11.6 Å². The SMILES string of the molecule is COc1ccc([N+](=O)[O-])cc1C(=O)Nc1ccc(-c2csc(N3CCOCC3)n2)cc1. The fourth-order valence-corrected chi connectivity index (χ4v) is 4.09.